The average molecular weight is 205 g/mol. The molecule has 0 unspecified atom stereocenters. The zero-order valence-corrected chi connectivity index (χ0v) is 8.60. The van der Waals surface area contributed by atoms with E-state index in [1.807, 2.05) is 18.2 Å². The molecule has 16 heavy (non-hydrogen) atoms. The zero-order valence-electron chi connectivity index (χ0n) is 8.60. The van der Waals surface area contributed by atoms with Crippen molar-refractivity contribution in [2.75, 3.05) is 0 Å². The standard InChI is InChI=1S/C15H9O/c1-2-12-7-6-10-14(11-12)15(16)13-8-4-3-5-9-13/h3-11H. The van der Waals surface area contributed by atoms with Crippen LogP contribution in [0.15, 0.2) is 54.6 Å². The summed E-state index contributed by atoms with van der Waals surface area (Å²) in [5.74, 6) is 2.24. The Balaban J connectivity index is 2.39. The van der Waals surface area contributed by atoms with Crippen molar-refractivity contribution in [1.29, 1.82) is 0 Å². The van der Waals surface area contributed by atoms with E-state index in [0.29, 0.717) is 16.7 Å². The highest BCUT2D eigenvalue weighted by atomic mass is 16.1. The number of carbonyl (C=O) groups is 1. The van der Waals surface area contributed by atoms with E-state index in [4.69, 9.17) is 6.42 Å². The molecule has 0 spiro atoms. The van der Waals surface area contributed by atoms with Gasteiger partial charge >= 0.3 is 0 Å². The van der Waals surface area contributed by atoms with Gasteiger partial charge in [0.1, 0.15) is 0 Å². The first-order valence-corrected chi connectivity index (χ1v) is 4.94. The van der Waals surface area contributed by atoms with E-state index in [-0.39, 0.29) is 5.78 Å². The summed E-state index contributed by atoms with van der Waals surface area (Å²) in [4.78, 5) is 12.0. The molecule has 0 atom stereocenters. The molecule has 0 amide bonds. The summed E-state index contributed by atoms with van der Waals surface area (Å²) in [7, 11) is 0. The lowest BCUT2D eigenvalue weighted by Crippen LogP contribution is -2.00. The van der Waals surface area contributed by atoms with E-state index in [2.05, 4.69) is 5.92 Å². The Kier molecular flexibility index (Phi) is 2.84. The van der Waals surface area contributed by atoms with Crippen molar-refractivity contribution in [3.05, 3.63) is 77.7 Å². The van der Waals surface area contributed by atoms with E-state index in [1.165, 1.54) is 0 Å². The molecule has 2 aromatic carbocycles. The molecule has 0 aliphatic heterocycles. The van der Waals surface area contributed by atoms with Gasteiger partial charge in [-0.15, -0.1) is 0 Å². The summed E-state index contributed by atoms with van der Waals surface area (Å²) in [5, 5.41) is 0. The van der Waals surface area contributed by atoms with Crippen molar-refractivity contribution >= 4 is 5.78 Å². The SMILES string of the molecule is [C]#Cc1cccc(C(=O)c2ccccc2)c1. The molecule has 1 heteroatoms. The average Bonchev–Trinajstić information content (AvgIpc) is 2.39. The van der Waals surface area contributed by atoms with Crippen LogP contribution in [0.4, 0.5) is 0 Å². The van der Waals surface area contributed by atoms with Crippen molar-refractivity contribution in [2.24, 2.45) is 0 Å². The third-order valence-electron chi connectivity index (χ3n) is 2.31. The molecule has 0 saturated heterocycles. The zero-order chi connectivity index (χ0) is 11.4. The van der Waals surface area contributed by atoms with E-state index >= 15 is 0 Å². The van der Waals surface area contributed by atoms with Crippen LogP contribution in [0.3, 0.4) is 0 Å². The summed E-state index contributed by atoms with van der Waals surface area (Å²) in [6.45, 7) is 0. The number of hydrogen-bond donors (Lipinski definition) is 0. The van der Waals surface area contributed by atoms with Gasteiger partial charge in [-0.1, -0.05) is 48.4 Å². The molecule has 1 nitrogen and oxygen atoms in total. The quantitative estimate of drug-likeness (QED) is 0.544. The van der Waals surface area contributed by atoms with Crippen LogP contribution in [-0.2, 0) is 0 Å². The summed E-state index contributed by atoms with van der Waals surface area (Å²) >= 11 is 0. The molecule has 1 radical (unpaired) electrons. The Labute approximate surface area is 94.7 Å². The topological polar surface area (TPSA) is 17.1 Å². The Morgan fingerprint density at radius 1 is 0.938 bits per heavy atom. The fourth-order valence-electron chi connectivity index (χ4n) is 1.49. The predicted octanol–water partition coefficient (Wildman–Crippen LogP) is 2.86. The summed E-state index contributed by atoms with van der Waals surface area (Å²) < 4.78 is 0. The van der Waals surface area contributed by atoms with Gasteiger partial charge in [0.2, 0.25) is 0 Å². The van der Waals surface area contributed by atoms with E-state index in [9.17, 15) is 4.79 Å². The Morgan fingerprint density at radius 3 is 2.31 bits per heavy atom. The molecule has 0 bridgehead atoms. The Morgan fingerprint density at radius 2 is 1.62 bits per heavy atom. The normalized spacial score (nSPS) is 9.44. The first kappa shape index (κ1) is 10.2. The molecular weight excluding hydrogens is 196 g/mol. The number of rotatable bonds is 2. The highest BCUT2D eigenvalue weighted by molar-refractivity contribution is 6.09. The molecule has 0 heterocycles. The van der Waals surface area contributed by atoms with Crippen LogP contribution in [0.2, 0.25) is 0 Å². The summed E-state index contributed by atoms with van der Waals surface area (Å²) in [5.41, 5.74) is 1.86. The molecule has 2 aromatic rings. The number of hydrogen-bond acceptors (Lipinski definition) is 1. The smallest absolute Gasteiger partial charge is 0.193 e. The number of carbonyl (C=O) groups excluding carboxylic acids is 1. The Bertz CT molecular complexity index is 547. The van der Waals surface area contributed by atoms with Crippen LogP contribution in [-0.4, -0.2) is 5.78 Å². The summed E-state index contributed by atoms with van der Waals surface area (Å²) in [6, 6.07) is 16.0. The van der Waals surface area contributed by atoms with Crippen LogP contribution < -0.4 is 0 Å². The fraction of sp³-hybridized carbons (Fsp3) is 0. The van der Waals surface area contributed by atoms with E-state index in [1.54, 1.807) is 36.4 Å². The number of ketones is 1. The second-order valence-electron chi connectivity index (χ2n) is 3.40. The Hall–Kier alpha value is -2.33. The monoisotopic (exact) mass is 205 g/mol. The minimum absolute atomic E-state index is 0.0299. The van der Waals surface area contributed by atoms with Gasteiger partial charge < -0.3 is 0 Å². The van der Waals surface area contributed by atoms with Gasteiger partial charge in [-0.25, -0.2) is 0 Å². The van der Waals surface area contributed by atoms with Gasteiger partial charge in [-0.05, 0) is 18.6 Å². The molecule has 0 N–H and O–H groups in total. The first-order valence-electron chi connectivity index (χ1n) is 4.94. The summed E-state index contributed by atoms with van der Waals surface area (Å²) in [6.07, 6.45) is 7.02. The second kappa shape index (κ2) is 4.46. The van der Waals surface area contributed by atoms with Crippen molar-refractivity contribution in [2.45, 2.75) is 0 Å². The van der Waals surface area contributed by atoms with Crippen LogP contribution in [0.1, 0.15) is 21.5 Å². The second-order valence-corrected chi connectivity index (χ2v) is 3.40. The molecule has 0 saturated carbocycles. The maximum atomic E-state index is 12.0. The molecule has 2 rings (SSSR count). The van der Waals surface area contributed by atoms with Crippen LogP contribution in [0.25, 0.3) is 0 Å². The highest BCUT2D eigenvalue weighted by Gasteiger charge is 2.07. The maximum absolute atomic E-state index is 12.0. The van der Waals surface area contributed by atoms with Crippen LogP contribution in [0.5, 0.6) is 0 Å². The van der Waals surface area contributed by atoms with Gasteiger partial charge in [-0.2, -0.15) is 0 Å². The third-order valence-corrected chi connectivity index (χ3v) is 2.31. The van der Waals surface area contributed by atoms with E-state index < -0.39 is 0 Å². The maximum Gasteiger partial charge on any atom is 0.193 e. The molecule has 0 aliphatic carbocycles. The van der Waals surface area contributed by atoms with Crippen LogP contribution in [0, 0.1) is 12.3 Å². The van der Waals surface area contributed by atoms with Gasteiger partial charge in [0, 0.05) is 16.7 Å². The lowest BCUT2D eigenvalue weighted by atomic mass is 10.0. The largest absolute Gasteiger partial charge is 0.289 e. The third kappa shape index (κ3) is 2.02. The van der Waals surface area contributed by atoms with Crippen molar-refractivity contribution in [3.8, 4) is 5.92 Å². The predicted molar refractivity (Wildman–Crippen MR) is 62.5 cm³/mol. The number of benzene rings is 2. The minimum Gasteiger partial charge on any atom is -0.289 e. The minimum atomic E-state index is -0.0299. The molecule has 0 aliphatic rings. The van der Waals surface area contributed by atoms with Gasteiger partial charge in [-0.3, -0.25) is 4.79 Å². The van der Waals surface area contributed by atoms with Crippen LogP contribution >= 0.6 is 0 Å². The van der Waals surface area contributed by atoms with Crippen molar-refractivity contribution in [3.63, 3.8) is 0 Å². The first-order chi connectivity index (χ1) is 7.81. The lowest BCUT2D eigenvalue weighted by Gasteiger charge is -2.01. The molecular formula is C15H9O. The van der Waals surface area contributed by atoms with Crippen molar-refractivity contribution in [1.82, 2.24) is 0 Å². The van der Waals surface area contributed by atoms with E-state index in [0.717, 1.165) is 0 Å². The van der Waals surface area contributed by atoms with Gasteiger partial charge in [0.25, 0.3) is 0 Å². The van der Waals surface area contributed by atoms with Gasteiger partial charge in [0.15, 0.2) is 5.78 Å². The highest BCUT2D eigenvalue weighted by Crippen LogP contribution is 2.11. The van der Waals surface area contributed by atoms with Crippen molar-refractivity contribution < 1.29 is 4.79 Å². The van der Waals surface area contributed by atoms with Gasteiger partial charge in [0.05, 0.1) is 0 Å². The molecule has 0 fully saturated rings. The molecule has 0 aromatic heterocycles. The fourth-order valence-corrected chi connectivity index (χ4v) is 1.49. The molecule has 75 valence electrons. The lowest BCUT2D eigenvalue weighted by molar-refractivity contribution is 0.103.